The summed E-state index contributed by atoms with van der Waals surface area (Å²) in [6.45, 7) is 0.975. The fourth-order valence-electron chi connectivity index (χ4n) is 1.11. The van der Waals surface area contributed by atoms with Gasteiger partial charge in [-0.25, -0.2) is 0 Å². The SMILES string of the molecule is CCCC(=O)C(O)C(O)C(O)C(O)CO. The van der Waals surface area contributed by atoms with Gasteiger partial charge in [-0.15, -0.1) is 0 Å². The Bertz CT molecular complexity index is 195. The summed E-state index contributed by atoms with van der Waals surface area (Å²) in [5.41, 5.74) is 0. The van der Waals surface area contributed by atoms with Crippen molar-refractivity contribution in [2.45, 2.75) is 44.2 Å². The van der Waals surface area contributed by atoms with E-state index in [4.69, 9.17) is 10.2 Å². The first-order valence-corrected chi connectivity index (χ1v) is 4.81. The van der Waals surface area contributed by atoms with Crippen LogP contribution in [0.25, 0.3) is 0 Å². The lowest BCUT2D eigenvalue weighted by Crippen LogP contribution is -2.48. The first-order chi connectivity index (χ1) is 6.95. The molecule has 0 bridgehead atoms. The van der Waals surface area contributed by atoms with Crippen molar-refractivity contribution in [2.24, 2.45) is 0 Å². The number of carbonyl (C=O) groups is 1. The number of carbonyl (C=O) groups excluding carboxylic acids is 1. The maximum atomic E-state index is 11.1. The molecule has 4 unspecified atom stereocenters. The van der Waals surface area contributed by atoms with Gasteiger partial charge in [0.1, 0.15) is 24.4 Å². The Kier molecular flexibility index (Phi) is 6.62. The predicted molar refractivity (Wildman–Crippen MR) is 51.0 cm³/mol. The number of Topliss-reactive ketones (excluding diaryl/α,β-unsaturated/α-hetero) is 1. The van der Waals surface area contributed by atoms with Gasteiger partial charge >= 0.3 is 0 Å². The molecule has 0 rings (SSSR count). The lowest BCUT2D eigenvalue weighted by atomic mass is 9.98. The lowest BCUT2D eigenvalue weighted by molar-refractivity contribution is -0.147. The van der Waals surface area contributed by atoms with E-state index in [0.717, 1.165) is 0 Å². The van der Waals surface area contributed by atoms with E-state index in [-0.39, 0.29) is 6.42 Å². The second-order valence-electron chi connectivity index (χ2n) is 3.39. The molecule has 0 aliphatic rings. The third-order valence-corrected chi connectivity index (χ3v) is 2.08. The van der Waals surface area contributed by atoms with Crippen LogP contribution in [0.4, 0.5) is 0 Å². The molecule has 0 amide bonds. The van der Waals surface area contributed by atoms with Crippen LogP contribution in [-0.2, 0) is 4.79 Å². The van der Waals surface area contributed by atoms with Crippen LogP contribution in [0.5, 0.6) is 0 Å². The largest absolute Gasteiger partial charge is 0.394 e. The lowest BCUT2D eigenvalue weighted by Gasteiger charge is -2.24. The summed E-state index contributed by atoms with van der Waals surface area (Å²) in [5.74, 6) is -0.603. The number of ketones is 1. The Labute approximate surface area is 87.8 Å². The summed E-state index contributed by atoms with van der Waals surface area (Å²) in [6.07, 6.45) is -6.25. The van der Waals surface area contributed by atoms with E-state index in [2.05, 4.69) is 0 Å². The van der Waals surface area contributed by atoms with E-state index in [1.54, 1.807) is 6.92 Å². The van der Waals surface area contributed by atoms with Crippen molar-refractivity contribution >= 4 is 5.78 Å². The quantitative estimate of drug-likeness (QED) is 0.333. The van der Waals surface area contributed by atoms with Gasteiger partial charge in [0.2, 0.25) is 0 Å². The van der Waals surface area contributed by atoms with Crippen molar-refractivity contribution in [2.75, 3.05) is 6.61 Å². The first kappa shape index (κ1) is 14.5. The molecule has 0 spiro atoms. The van der Waals surface area contributed by atoms with Crippen LogP contribution >= 0.6 is 0 Å². The van der Waals surface area contributed by atoms with Crippen LogP contribution in [0.3, 0.4) is 0 Å². The Balaban J connectivity index is 4.29. The van der Waals surface area contributed by atoms with Gasteiger partial charge < -0.3 is 25.5 Å². The molecule has 0 heterocycles. The van der Waals surface area contributed by atoms with Crippen LogP contribution in [0, 0.1) is 0 Å². The molecule has 0 radical (unpaired) electrons. The Morgan fingerprint density at radius 1 is 1.13 bits per heavy atom. The molecule has 15 heavy (non-hydrogen) atoms. The molecule has 0 aliphatic heterocycles. The molecule has 6 heteroatoms. The molecule has 0 aromatic rings. The standard InChI is InChI=1S/C9H18O6/c1-2-3-5(11)7(13)9(15)8(14)6(12)4-10/h6-10,12-15H,2-4H2,1H3. The topological polar surface area (TPSA) is 118 Å². The van der Waals surface area contributed by atoms with Gasteiger partial charge in [0.15, 0.2) is 5.78 Å². The number of aliphatic hydroxyl groups is 5. The molecule has 0 saturated heterocycles. The number of hydrogen-bond acceptors (Lipinski definition) is 6. The summed E-state index contributed by atoms with van der Waals surface area (Å²) in [6, 6.07) is 0. The fourth-order valence-corrected chi connectivity index (χ4v) is 1.11. The second kappa shape index (κ2) is 6.86. The average molecular weight is 222 g/mol. The van der Waals surface area contributed by atoms with Crippen molar-refractivity contribution in [1.82, 2.24) is 0 Å². The van der Waals surface area contributed by atoms with Crippen molar-refractivity contribution in [3.63, 3.8) is 0 Å². The fraction of sp³-hybridized carbons (Fsp3) is 0.889. The van der Waals surface area contributed by atoms with E-state index in [9.17, 15) is 20.1 Å². The molecule has 0 fully saturated rings. The highest BCUT2D eigenvalue weighted by molar-refractivity contribution is 5.83. The highest BCUT2D eigenvalue weighted by atomic mass is 16.4. The van der Waals surface area contributed by atoms with Crippen LogP contribution in [0.1, 0.15) is 19.8 Å². The van der Waals surface area contributed by atoms with Gasteiger partial charge in [-0.2, -0.15) is 0 Å². The molecule has 0 aliphatic carbocycles. The van der Waals surface area contributed by atoms with Crippen molar-refractivity contribution in [3.05, 3.63) is 0 Å². The number of rotatable bonds is 7. The summed E-state index contributed by atoms with van der Waals surface area (Å²) in [5, 5.41) is 45.2. The van der Waals surface area contributed by atoms with Crippen LogP contribution in [-0.4, -0.2) is 62.3 Å². The smallest absolute Gasteiger partial charge is 0.164 e. The van der Waals surface area contributed by atoms with Gasteiger partial charge in [0, 0.05) is 6.42 Å². The van der Waals surface area contributed by atoms with Crippen LogP contribution in [0.2, 0.25) is 0 Å². The minimum atomic E-state index is -1.79. The molecule has 4 atom stereocenters. The number of hydrogen-bond donors (Lipinski definition) is 5. The molecule has 6 nitrogen and oxygen atoms in total. The Hall–Kier alpha value is -0.530. The molecule has 0 saturated carbocycles. The summed E-state index contributed by atoms with van der Waals surface area (Å²) >= 11 is 0. The molecule has 5 N–H and O–H groups in total. The summed E-state index contributed by atoms with van der Waals surface area (Å²) in [7, 11) is 0. The van der Waals surface area contributed by atoms with Gasteiger partial charge in [-0.1, -0.05) is 6.92 Å². The Morgan fingerprint density at radius 3 is 2.07 bits per heavy atom. The number of aliphatic hydroxyl groups excluding tert-OH is 5. The molecule has 90 valence electrons. The highest BCUT2D eigenvalue weighted by Crippen LogP contribution is 2.08. The minimum absolute atomic E-state index is 0.0835. The van der Waals surface area contributed by atoms with E-state index in [0.29, 0.717) is 6.42 Å². The van der Waals surface area contributed by atoms with Gasteiger partial charge in [-0.05, 0) is 6.42 Å². The average Bonchev–Trinajstić information content (AvgIpc) is 2.25. The zero-order chi connectivity index (χ0) is 12.0. The molecular formula is C9H18O6. The van der Waals surface area contributed by atoms with Crippen molar-refractivity contribution in [1.29, 1.82) is 0 Å². The molecule has 0 aromatic heterocycles. The van der Waals surface area contributed by atoms with Crippen LogP contribution < -0.4 is 0 Å². The minimum Gasteiger partial charge on any atom is -0.394 e. The normalized spacial score (nSPS) is 19.3. The monoisotopic (exact) mass is 222 g/mol. The van der Waals surface area contributed by atoms with E-state index in [1.807, 2.05) is 0 Å². The maximum absolute atomic E-state index is 11.1. The van der Waals surface area contributed by atoms with Crippen molar-refractivity contribution < 1.29 is 30.3 Å². The zero-order valence-corrected chi connectivity index (χ0v) is 8.58. The van der Waals surface area contributed by atoms with Gasteiger partial charge in [-0.3, -0.25) is 4.79 Å². The highest BCUT2D eigenvalue weighted by Gasteiger charge is 2.33. The summed E-state index contributed by atoms with van der Waals surface area (Å²) < 4.78 is 0. The van der Waals surface area contributed by atoms with Gasteiger partial charge in [0.25, 0.3) is 0 Å². The Morgan fingerprint density at radius 2 is 1.67 bits per heavy atom. The zero-order valence-electron chi connectivity index (χ0n) is 8.58. The van der Waals surface area contributed by atoms with Crippen LogP contribution in [0.15, 0.2) is 0 Å². The third-order valence-electron chi connectivity index (χ3n) is 2.08. The molecular weight excluding hydrogens is 204 g/mol. The van der Waals surface area contributed by atoms with Crippen molar-refractivity contribution in [3.8, 4) is 0 Å². The van der Waals surface area contributed by atoms with E-state index < -0.39 is 36.8 Å². The second-order valence-corrected chi connectivity index (χ2v) is 3.39. The van der Waals surface area contributed by atoms with E-state index in [1.165, 1.54) is 0 Å². The predicted octanol–water partition coefficient (Wildman–Crippen LogP) is -2.21. The summed E-state index contributed by atoms with van der Waals surface area (Å²) in [4.78, 5) is 11.1. The maximum Gasteiger partial charge on any atom is 0.164 e. The molecule has 0 aromatic carbocycles. The van der Waals surface area contributed by atoms with E-state index >= 15 is 0 Å². The first-order valence-electron chi connectivity index (χ1n) is 4.81. The third kappa shape index (κ3) is 4.23. The van der Waals surface area contributed by atoms with Gasteiger partial charge in [0.05, 0.1) is 6.61 Å².